The molecule has 0 bridgehead atoms. The van der Waals surface area contributed by atoms with Crippen LogP contribution in [-0.4, -0.2) is 26.9 Å². The van der Waals surface area contributed by atoms with Gasteiger partial charge in [-0.1, -0.05) is 13.0 Å². The minimum Gasteiger partial charge on any atom is -1.00 e. The molecule has 0 aliphatic heterocycles. The number of halogens is 1. The molecule has 0 aliphatic rings. The molecule has 6 heteroatoms. The molecule has 112 valence electrons. The van der Waals surface area contributed by atoms with Crippen LogP contribution in [-0.2, 0) is 20.6 Å². The average molecular weight is 300 g/mol. The Kier molecular flexibility index (Phi) is 5.80. The van der Waals surface area contributed by atoms with Gasteiger partial charge in [-0.25, -0.2) is 4.79 Å². The van der Waals surface area contributed by atoms with Crippen molar-refractivity contribution < 1.29 is 18.9 Å². The van der Waals surface area contributed by atoms with E-state index >= 15 is 0 Å². The highest BCUT2D eigenvalue weighted by molar-refractivity contribution is 5.76. The van der Waals surface area contributed by atoms with E-state index in [-0.39, 0.29) is 32.2 Å². The second kappa shape index (κ2) is 6.92. The molecule has 2 N–H and O–H groups in total. The monoisotopic (exact) mass is 299 g/mol. The zero-order valence-electron chi connectivity index (χ0n) is 13.1. The summed E-state index contributed by atoms with van der Waals surface area (Å²) in [4.78, 5) is 11.8. The number of hydrogen-bond acceptors (Lipinski definition) is 3. The minimum absolute atomic E-state index is 0. The Bertz CT molecular complexity index is 635. The second-order valence-corrected chi connectivity index (χ2v) is 4.89. The zero-order valence-corrected chi connectivity index (χ0v) is 12.8. The van der Waals surface area contributed by atoms with Gasteiger partial charge in [-0.3, -0.25) is 9.13 Å². The number of nitrogens with one attached hydrogen (secondary N) is 1. The third-order valence-electron chi connectivity index (χ3n) is 3.64. The number of fused-ring (bicyclic) bond motifs is 1. The lowest BCUT2D eigenvalue weighted by atomic mass is 10.1. The van der Waals surface area contributed by atoms with Gasteiger partial charge >= 0.3 is 7.12 Å². The molecule has 20 heavy (non-hydrogen) atoms. The Hall–Kier alpha value is -1.30. The van der Waals surface area contributed by atoms with Crippen LogP contribution in [0.4, 0.5) is 0 Å². The van der Waals surface area contributed by atoms with Crippen molar-refractivity contribution >= 4 is 11.0 Å². The van der Waals surface area contributed by atoms with Crippen molar-refractivity contribution in [3.63, 3.8) is 0 Å². The number of aromatic nitrogens is 2. The molecule has 0 saturated heterocycles. The Labute approximate surface area is 126 Å². The lowest BCUT2D eigenvalue weighted by Crippen LogP contribution is -3.00. The van der Waals surface area contributed by atoms with Crippen LogP contribution < -0.4 is 23.4 Å². The summed E-state index contributed by atoms with van der Waals surface area (Å²) in [7, 11) is 3.56. The number of hydrogen-bond donors (Lipinski definition) is 2. The lowest BCUT2D eigenvalue weighted by Gasteiger charge is -2.13. The fraction of sp³-hybridized carbons (Fsp3) is 0.500. The van der Waals surface area contributed by atoms with Crippen LogP contribution in [0.25, 0.3) is 11.0 Å². The highest BCUT2D eigenvalue weighted by Gasteiger charge is 2.09. The first-order valence-electron chi connectivity index (χ1n) is 6.57. The van der Waals surface area contributed by atoms with Crippen molar-refractivity contribution in [1.29, 1.82) is 0 Å². The predicted octanol–water partition coefficient (Wildman–Crippen LogP) is -2.15. The molecule has 1 unspecified atom stereocenters. The molecule has 2 aromatic rings. The molecule has 1 heterocycles. The summed E-state index contributed by atoms with van der Waals surface area (Å²) in [5.74, 6) is 0. The van der Waals surface area contributed by atoms with Gasteiger partial charge in [0.15, 0.2) is 0 Å². The fourth-order valence-corrected chi connectivity index (χ4v) is 2.26. The first-order valence-corrected chi connectivity index (χ1v) is 6.57. The van der Waals surface area contributed by atoms with E-state index in [2.05, 4.69) is 5.32 Å². The molecular formula is C14H22ClN3O2. The van der Waals surface area contributed by atoms with E-state index in [1.165, 1.54) is 0 Å². The highest BCUT2D eigenvalue weighted by atomic mass is 35.5. The smallest absolute Gasteiger partial charge is 1.00 e. The summed E-state index contributed by atoms with van der Waals surface area (Å²) < 4.78 is 3.30. The van der Waals surface area contributed by atoms with Gasteiger partial charge in [-0.15, -0.1) is 0 Å². The molecule has 0 aliphatic carbocycles. The van der Waals surface area contributed by atoms with Crippen LogP contribution in [0.1, 0.15) is 20.3 Å². The SMILES string of the molecule is CCC(CO)NCc1ccc2c(c1)n(C)c(=O)n2C.[Cl-].[H+]. The third-order valence-corrected chi connectivity index (χ3v) is 3.64. The number of aliphatic hydroxyl groups is 1. The zero-order chi connectivity index (χ0) is 14.0. The van der Waals surface area contributed by atoms with Crippen molar-refractivity contribution in [2.75, 3.05) is 6.61 Å². The minimum atomic E-state index is -0.0121. The molecular weight excluding hydrogens is 278 g/mol. The van der Waals surface area contributed by atoms with Crippen LogP contribution >= 0.6 is 0 Å². The van der Waals surface area contributed by atoms with Crippen molar-refractivity contribution in [3.8, 4) is 0 Å². The highest BCUT2D eigenvalue weighted by Crippen LogP contribution is 2.14. The first kappa shape index (κ1) is 16.8. The van der Waals surface area contributed by atoms with E-state index in [0.717, 1.165) is 23.0 Å². The maximum atomic E-state index is 11.8. The van der Waals surface area contributed by atoms with E-state index < -0.39 is 0 Å². The number of imidazole rings is 1. The topological polar surface area (TPSA) is 59.2 Å². The molecule has 0 radical (unpaired) electrons. The first-order chi connectivity index (χ1) is 9.08. The molecule has 1 atom stereocenters. The number of aryl methyl sites for hydroxylation is 2. The van der Waals surface area contributed by atoms with Gasteiger partial charge < -0.3 is 22.8 Å². The quantitative estimate of drug-likeness (QED) is 0.662. The standard InChI is InChI=1S/C14H21N3O2.ClH/c1-4-11(9-18)15-8-10-5-6-12-13(7-10)17(3)14(19)16(12)2;/h5-7,11,15,18H,4,8-9H2,1-3H3;1H. The van der Waals surface area contributed by atoms with Crippen LogP contribution in [0.3, 0.4) is 0 Å². The largest absolute Gasteiger partial charge is 1.00 e. The van der Waals surface area contributed by atoms with Gasteiger partial charge in [0.1, 0.15) is 0 Å². The number of rotatable bonds is 5. The summed E-state index contributed by atoms with van der Waals surface area (Å²) in [6.07, 6.45) is 0.891. The molecule has 2 rings (SSSR count). The molecule has 1 aromatic heterocycles. The molecule has 0 spiro atoms. The van der Waals surface area contributed by atoms with Gasteiger partial charge in [-0.2, -0.15) is 0 Å². The fourth-order valence-electron chi connectivity index (χ4n) is 2.26. The molecule has 5 nitrogen and oxygen atoms in total. The molecule has 0 amide bonds. The Morgan fingerprint density at radius 1 is 1.30 bits per heavy atom. The van der Waals surface area contributed by atoms with Crippen molar-refractivity contribution in [2.45, 2.75) is 25.9 Å². The number of nitrogens with zero attached hydrogens (tertiary/aromatic N) is 2. The number of benzene rings is 1. The van der Waals surface area contributed by atoms with E-state index in [4.69, 9.17) is 5.11 Å². The van der Waals surface area contributed by atoms with Crippen LogP contribution in [0.5, 0.6) is 0 Å². The molecule has 0 saturated carbocycles. The van der Waals surface area contributed by atoms with E-state index in [1.54, 1.807) is 23.2 Å². The maximum absolute atomic E-state index is 11.8. The van der Waals surface area contributed by atoms with Gasteiger partial charge in [0, 0.05) is 26.7 Å². The second-order valence-electron chi connectivity index (χ2n) is 4.89. The van der Waals surface area contributed by atoms with Crippen LogP contribution in [0.2, 0.25) is 0 Å². The van der Waals surface area contributed by atoms with Crippen molar-refractivity contribution in [2.24, 2.45) is 14.1 Å². The normalized spacial score (nSPS) is 12.4. The van der Waals surface area contributed by atoms with Gasteiger partial charge in [0.2, 0.25) is 0 Å². The Balaban J connectivity index is 0.00000200. The van der Waals surface area contributed by atoms with Crippen molar-refractivity contribution in [1.82, 2.24) is 14.5 Å². The summed E-state index contributed by atoms with van der Waals surface area (Å²) in [5, 5.41) is 12.4. The van der Waals surface area contributed by atoms with Crippen molar-refractivity contribution in [3.05, 3.63) is 34.2 Å². The van der Waals surface area contributed by atoms with Gasteiger partial charge in [0.25, 0.3) is 0 Å². The predicted molar refractivity (Wildman–Crippen MR) is 77.3 cm³/mol. The Morgan fingerprint density at radius 2 is 1.95 bits per heavy atom. The molecule has 0 fully saturated rings. The molecule has 1 aromatic carbocycles. The summed E-state index contributed by atoms with van der Waals surface area (Å²) >= 11 is 0. The van der Waals surface area contributed by atoms with E-state index in [0.29, 0.717) is 6.54 Å². The Morgan fingerprint density at radius 3 is 2.55 bits per heavy atom. The van der Waals surface area contributed by atoms with E-state index in [1.807, 2.05) is 25.1 Å². The third kappa shape index (κ3) is 3.06. The average Bonchev–Trinajstić information content (AvgIpc) is 2.65. The maximum Gasteiger partial charge on any atom is 1.00 e. The summed E-state index contributed by atoms with van der Waals surface area (Å²) in [5.41, 5.74) is 2.97. The number of aliphatic hydroxyl groups excluding tert-OH is 1. The van der Waals surface area contributed by atoms with Crippen LogP contribution in [0.15, 0.2) is 23.0 Å². The summed E-state index contributed by atoms with van der Waals surface area (Å²) in [6.45, 7) is 2.87. The van der Waals surface area contributed by atoms with E-state index in [9.17, 15) is 4.79 Å². The summed E-state index contributed by atoms with van der Waals surface area (Å²) in [6, 6.07) is 6.12. The van der Waals surface area contributed by atoms with Gasteiger partial charge in [0.05, 0.1) is 17.6 Å². The van der Waals surface area contributed by atoms with Gasteiger partial charge in [-0.05, 0) is 24.1 Å². The lowest BCUT2D eigenvalue weighted by molar-refractivity contribution is -0.00000514. The van der Waals surface area contributed by atoms with Crippen LogP contribution in [0, 0.1) is 0 Å².